The SMILES string of the molecule is CC[N-]C.CC[N-]C.CC[N-]C.CC[N-]C.[Si+4]. The van der Waals surface area contributed by atoms with Gasteiger partial charge in [-0.05, 0) is 0 Å². The molecule has 0 saturated carbocycles. The van der Waals surface area contributed by atoms with Gasteiger partial charge in [0.25, 0.3) is 0 Å². The van der Waals surface area contributed by atoms with Gasteiger partial charge in [0, 0.05) is 0 Å². The predicted octanol–water partition coefficient (Wildman–Crippen LogP) is 3.66. The summed E-state index contributed by atoms with van der Waals surface area (Å²) in [6.45, 7) is 11.8. The zero-order chi connectivity index (χ0) is 13.7. The van der Waals surface area contributed by atoms with Gasteiger partial charge >= 0.3 is 11.0 Å². The van der Waals surface area contributed by atoms with Gasteiger partial charge in [0.15, 0.2) is 0 Å². The first kappa shape index (κ1) is 30.3. The largest absolute Gasteiger partial charge is 4.00 e. The Labute approximate surface area is 115 Å². The first-order valence-corrected chi connectivity index (χ1v) is 5.88. The van der Waals surface area contributed by atoms with Gasteiger partial charge in [-0.3, -0.25) is 0 Å². The maximum atomic E-state index is 3.74. The van der Waals surface area contributed by atoms with Crippen LogP contribution in [0, 0.1) is 0 Å². The van der Waals surface area contributed by atoms with E-state index in [0.29, 0.717) is 0 Å². The van der Waals surface area contributed by atoms with E-state index in [1.54, 1.807) is 28.2 Å². The fourth-order valence-corrected chi connectivity index (χ4v) is 0. The molecule has 0 N–H and O–H groups in total. The van der Waals surface area contributed by atoms with Crippen molar-refractivity contribution in [3.05, 3.63) is 21.3 Å². The van der Waals surface area contributed by atoms with Crippen LogP contribution in [0.3, 0.4) is 0 Å². The summed E-state index contributed by atoms with van der Waals surface area (Å²) in [5.74, 6) is 0. The van der Waals surface area contributed by atoms with Gasteiger partial charge in [-0.2, -0.15) is 54.4 Å². The van der Waals surface area contributed by atoms with Crippen molar-refractivity contribution in [1.29, 1.82) is 0 Å². The second-order valence-electron chi connectivity index (χ2n) is 2.53. The number of hydrogen-bond donors (Lipinski definition) is 0. The summed E-state index contributed by atoms with van der Waals surface area (Å²) < 4.78 is 0. The van der Waals surface area contributed by atoms with E-state index < -0.39 is 0 Å². The fraction of sp³-hybridized carbons (Fsp3) is 1.00. The van der Waals surface area contributed by atoms with Gasteiger partial charge < -0.3 is 21.3 Å². The molecule has 4 nitrogen and oxygen atoms in total. The summed E-state index contributed by atoms with van der Waals surface area (Å²) >= 11 is 0. The predicted molar refractivity (Wildman–Crippen MR) is 85.1 cm³/mol. The van der Waals surface area contributed by atoms with Crippen LogP contribution in [0.2, 0.25) is 0 Å². The normalized spacial score (nSPS) is 7.06. The van der Waals surface area contributed by atoms with E-state index in [2.05, 4.69) is 21.3 Å². The molecule has 0 aliphatic carbocycles. The molecule has 0 atom stereocenters. The molecule has 0 fully saturated rings. The minimum Gasteiger partial charge on any atom is -0.665 e. The molecule has 0 aromatic rings. The van der Waals surface area contributed by atoms with Gasteiger partial charge in [0.2, 0.25) is 0 Å². The monoisotopic (exact) mass is 260 g/mol. The molecule has 0 bridgehead atoms. The maximum absolute atomic E-state index is 3.74. The Balaban J connectivity index is -0.0000000369. The van der Waals surface area contributed by atoms with E-state index in [1.807, 2.05) is 27.7 Å². The van der Waals surface area contributed by atoms with Crippen LogP contribution in [-0.2, 0) is 0 Å². The molecule has 0 unspecified atom stereocenters. The van der Waals surface area contributed by atoms with Gasteiger partial charge in [0.05, 0.1) is 0 Å². The van der Waals surface area contributed by atoms with E-state index in [0.717, 1.165) is 26.2 Å². The van der Waals surface area contributed by atoms with Crippen molar-refractivity contribution in [3.8, 4) is 0 Å². The summed E-state index contributed by atoms with van der Waals surface area (Å²) in [6, 6.07) is 0. The Bertz CT molecular complexity index is 42.5. The first-order valence-electron chi connectivity index (χ1n) is 5.88. The first-order chi connectivity index (χ1) is 7.66. The molecule has 0 radical (unpaired) electrons. The average molecular weight is 261 g/mol. The standard InChI is InChI=1S/4C3H8N.Si/c4*1-3-4-2;/h4*3H2,1-2H3;/q4*-1;+4. The van der Waals surface area contributed by atoms with Gasteiger partial charge in [-0.15, -0.1) is 0 Å². The Kier molecular flexibility index (Phi) is 99.8. The van der Waals surface area contributed by atoms with Crippen LogP contribution in [0.4, 0.5) is 0 Å². The average Bonchev–Trinajstić information content (AvgIpc) is 2.39. The van der Waals surface area contributed by atoms with Crippen molar-refractivity contribution in [2.45, 2.75) is 27.7 Å². The minimum absolute atomic E-state index is 0. The van der Waals surface area contributed by atoms with Crippen molar-refractivity contribution in [1.82, 2.24) is 0 Å². The third-order valence-corrected chi connectivity index (χ3v) is 1.26. The molecule has 0 amide bonds. The van der Waals surface area contributed by atoms with Gasteiger partial charge in [0.1, 0.15) is 0 Å². The van der Waals surface area contributed by atoms with E-state index in [4.69, 9.17) is 0 Å². The molecule has 5 heteroatoms. The van der Waals surface area contributed by atoms with Crippen molar-refractivity contribution >= 4 is 11.0 Å². The summed E-state index contributed by atoms with van der Waals surface area (Å²) in [6.07, 6.45) is 0. The molecule has 17 heavy (non-hydrogen) atoms. The molecule has 0 saturated heterocycles. The topological polar surface area (TPSA) is 56.4 Å². The molecule has 0 aromatic heterocycles. The van der Waals surface area contributed by atoms with Crippen LogP contribution >= 0.6 is 0 Å². The van der Waals surface area contributed by atoms with Crippen LogP contribution in [0.25, 0.3) is 21.3 Å². The molecular weight excluding hydrogens is 228 g/mol. The molecule has 0 aromatic carbocycles. The van der Waals surface area contributed by atoms with E-state index in [-0.39, 0.29) is 11.0 Å². The fourth-order valence-electron chi connectivity index (χ4n) is 0. The molecule has 0 aliphatic heterocycles. The molecular formula is C12H32N4Si. The molecule has 0 rings (SSSR count). The van der Waals surface area contributed by atoms with Crippen LogP contribution < -0.4 is 0 Å². The number of hydrogen-bond acceptors (Lipinski definition) is 0. The third-order valence-electron chi connectivity index (χ3n) is 1.26. The summed E-state index contributed by atoms with van der Waals surface area (Å²) in [5.41, 5.74) is 0. The van der Waals surface area contributed by atoms with Crippen LogP contribution in [0.1, 0.15) is 27.7 Å². The van der Waals surface area contributed by atoms with Gasteiger partial charge in [-0.1, -0.05) is 27.7 Å². The smallest absolute Gasteiger partial charge is 0.665 e. The number of nitrogens with zero attached hydrogens (tertiary/aromatic N) is 4. The third kappa shape index (κ3) is 193. The quantitative estimate of drug-likeness (QED) is 0.693. The van der Waals surface area contributed by atoms with E-state index >= 15 is 0 Å². The summed E-state index contributed by atoms with van der Waals surface area (Å²) in [5, 5.41) is 14.9. The second kappa shape index (κ2) is 56.1. The van der Waals surface area contributed by atoms with Crippen LogP contribution in [0.5, 0.6) is 0 Å². The maximum Gasteiger partial charge on any atom is 4.00 e. The zero-order valence-corrected chi connectivity index (χ0v) is 14.1. The second-order valence-corrected chi connectivity index (χ2v) is 2.53. The van der Waals surface area contributed by atoms with E-state index in [9.17, 15) is 0 Å². The Morgan fingerprint density at radius 1 is 0.471 bits per heavy atom. The molecule has 0 spiro atoms. The van der Waals surface area contributed by atoms with Crippen molar-refractivity contribution in [2.75, 3.05) is 54.4 Å². The Morgan fingerprint density at radius 2 is 0.529 bits per heavy atom. The van der Waals surface area contributed by atoms with Crippen LogP contribution in [-0.4, -0.2) is 65.3 Å². The zero-order valence-electron chi connectivity index (χ0n) is 13.1. The molecule has 0 aliphatic rings. The summed E-state index contributed by atoms with van der Waals surface area (Å²) in [7, 11) is 7.22. The van der Waals surface area contributed by atoms with Crippen LogP contribution in [0.15, 0.2) is 0 Å². The Morgan fingerprint density at radius 3 is 0.529 bits per heavy atom. The molecule has 104 valence electrons. The molecule has 0 heterocycles. The van der Waals surface area contributed by atoms with Crippen molar-refractivity contribution in [3.63, 3.8) is 0 Å². The minimum atomic E-state index is 0. The van der Waals surface area contributed by atoms with Crippen molar-refractivity contribution in [2.24, 2.45) is 0 Å². The van der Waals surface area contributed by atoms with Gasteiger partial charge in [-0.25, -0.2) is 0 Å². The summed E-state index contributed by atoms with van der Waals surface area (Å²) in [4.78, 5) is 0. The Hall–Kier alpha value is 0.0569. The van der Waals surface area contributed by atoms with Crippen molar-refractivity contribution < 1.29 is 0 Å². The number of rotatable bonds is 4. The van der Waals surface area contributed by atoms with E-state index in [1.165, 1.54) is 0 Å².